The quantitative estimate of drug-likeness (QED) is 0.544. The third kappa shape index (κ3) is 4.97. The van der Waals surface area contributed by atoms with Gasteiger partial charge in [-0.25, -0.2) is 4.79 Å². The third-order valence-corrected chi connectivity index (χ3v) is 7.39. The molecule has 1 N–H and O–H groups in total. The van der Waals surface area contributed by atoms with Gasteiger partial charge in [0.2, 0.25) is 0 Å². The van der Waals surface area contributed by atoms with Gasteiger partial charge in [-0.1, -0.05) is 36.0 Å². The molecule has 3 aromatic rings. The fraction of sp³-hybridized carbons (Fsp3) is 0.308. The second kappa shape index (κ2) is 9.76. The lowest BCUT2D eigenvalue weighted by Crippen LogP contribution is -2.60. The number of fused-ring (bicyclic) bond motifs is 3. The number of piperidine rings is 3. The van der Waals surface area contributed by atoms with Gasteiger partial charge in [0, 0.05) is 33.8 Å². The number of rotatable bonds is 6. The van der Waals surface area contributed by atoms with Crippen LogP contribution < -0.4 is 5.32 Å². The van der Waals surface area contributed by atoms with E-state index in [1.165, 1.54) is 10.5 Å². The summed E-state index contributed by atoms with van der Waals surface area (Å²) in [5, 5.41) is 2.92. The van der Waals surface area contributed by atoms with Crippen LogP contribution >= 0.6 is 11.8 Å². The topological polar surface area (TPSA) is 54.5 Å². The van der Waals surface area contributed by atoms with Gasteiger partial charge in [-0.2, -0.15) is 0 Å². The number of nitrogens with one attached hydrogen (secondary N) is 1. The minimum atomic E-state index is -0.372. The zero-order chi connectivity index (χ0) is 21.8. The molecule has 164 valence electrons. The van der Waals surface area contributed by atoms with Gasteiger partial charge in [0.1, 0.15) is 6.10 Å². The van der Waals surface area contributed by atoms with Crippen LogP contribution in [0.1, 0.15) is 18.4 Å². The van der Waals surface area contributed by atoms with Crippen molar-refractivity contribution in [2.24, 2.45) is 5.92 Å². The number of anilines is 1. The van der Waals surface area contributed by atoms with Gasteiger partial charge in [-0.05, 0) is 80.4 Å². The summed E-state index contributed by atoms with van der Waals surface area (Å²) < 4.78 is 6.02. The van der Waals surface area contributed by atoms with Gasteiger partial charge < -0.3 is 4.74 Å². The first kappa shape index (κ1) is 21.0. The summed E-state index contributed by atoms with van der Waals surface area (Å²) in [6.07, 6.45) is 6.28. The summed E-state index contributed by atoms with van der Waals surface area (Å²) in [4.78, 5) is 21.8. The van der Waals surface area contributed by atoms with E-state index in [-0.39, 0.29) is 18.2 Å². The van der Waals surface area contributed by atoms with Gasteiger partial charge in [0.25, 0.3) is 0 Å². The molecule has 32 heavy (non-hydrogen) atoms. The summed E-state index contributed by atoms with van der Waals surface area (Å²) in [6.45, 7) is 2.16. The molecule has 2 atom stereocenters. The molecule has 3 aliphatic heterocycles. The molecule has 1 amide bonds. The highest BCUT2D eigenvalue weighted by Gasteiger charge is 2.44. The molecule has 6 rings (SSSR count). The van der Waals surface area contributed by atoms with Crippen LogP contribution in [0.2, 0.25) is 0 Å². The molecule has 2 aromatic carbocycles. The Kier molecular flexibility index (Phi) is 6.41. The lowest BCUT2D eigenvalue weighted by molar-refractivity contribution is -0.0741. The van der Waals surface area contributed by atoms with Gasteiger partial charge in [0.15, 0.2) is 0 Å². The van der Waals surface area contributed by atoms with Crippen LogP contribution in [-0.4, -0.2) is 41.2 Å². The summed E-state index contributed by atoms with van der Waals surface area (Å²) in [5.41, 5.74) is 1.93. The predicted molar refractivity (Wildman–Crippen MR) is 127 cm³/mol. The smallest absolute Gasteiger partial charge is 0.411 e. The maximum Gasteiger partial charge on any atom is 0.411 e. The standard InChI is InChI=1S/C26H27N3O2S/c30-26(28-21-8-10-23(11-9-21)32-22-6-2-1-3-7-22)31-25-20-12-15-29(16-13-20)24(25)17-19-5-4-14-27-18-19/h1-11,14,18,20,24-25H,12-13,15-17H2,(H,28,30). The Hall–Kier alpha value is -2.83. The molecule has 3 saturated heterocycles. The Morgan fingerprint density at radius 1 is 1.00 bits per heavy atom. The zero-order valence-electron chi connectivity index (χ0n) is 17.9. The molecule has 6 heteroatoms. The molecule has 1 aromatic heterocycles. The average Bonchev–Trinajstić information content (AvgIpc) is 2.84. The van der Waals surface area contributed by atoms with E-state index >= 15 is 0 Å². The van der Waals surface area contributed by atoms with Crippen LogP contribution in [0.15, 0.2) is 88.9 Å². The molecular weight excluding hydrogens is 418 g/mol. The van der Waals surface area contributed by atoms with Crippen molar-refractivity contribution in [2.45, 2.75) is 41.2 Å². The van der Waals surface area contributed by atoms with Crippen LogP contribution in [0.3, 0.4) is 0 Å². The Morgan fingerprint density at radius 3 is 2.47 bits per heavy atom. The molecule has 3 fully saturated rings. The Labute approximate surface area is 193 Å². The number of carbonyl (C=O) groups is 1. The normalized spacial score (nSPS) is 24.1. The summed E-state index contributed by atoms with van der Waals surface area (Å²) >= 11 is 1.70. The molecule has 5 nitrogen and oxygen atoms in total. The van der Waals surface area contributed by atoms with Crippen LogP contribution in [0, 0.1) is 5.92 Å². The van der Waals surface area contributed by atoms with E-state index < -0.39 is 0 Å². The van der Waals surface area contributed by atoms with E-state index in [0.29, 0.717) is 5.92 Å². The monoisotopic (exact) mass is 445 g/mol. The van der Waals surface area contributed by atoms with Crippen molar-refractivity contribution in [3.05, 3.63) is 84.7 Å². The van der Waals surface area contributed by atoms with Gasteiger partial charge >= 0.3 is 6.09 Å². The number of pyridine rings is 1. The van der Waals surface area contributed by atoms with Gasteiger partial charge in [-0.15, -0.1) is 0 Å². The number of aromatic nitrogens is 1. The molecule has 2 bridgehead atoms. The van der Waals surface area contributed by atoms with E-state index in [9.17, 15) is 4.79 Å². The third-order valence-electron chi connectivity index (χ3n) is 6.38. The van der Waals surface area contributed by atoms with Crippen molar-refractivity contribution in [3.63, 3.8) is 0 Å². The van der Waals surface area contributed by atoms with E-state index in [4.69, 9.17) is 4.74 Å². The fourth-order valence-corrected chi connectivity index (χ4v) is 5.62. The number of nitrogens with zero attached hydrogens (tertiary/aromatic N) is 2. The van der Waals surface area contributed by atoms with Gasteiger partial charge in [0.05, 0.1) is 6.04 Å². The SMILES string of the molecule is O=C(Nc1ccc(Sc2ccccc2)cc1)OC1C2CCN(CC2)C1Cc1cccnc1. The first-order valence-electron chi connectivity index (χ1n) is 11.2. The number of hydrogen-bond donors (Lipinski definition) is 1. The predicted octanol–water partition coefficient (Wildman–Crippen LogP) is 5.49. The summed E-state index contributed by atoms with van der Waals surface area (Å²) in [5.74, 6) is 0.428. The van der Waals surface area contributed by atoms with E-state index in [2.05, 4.69) is 33.4 Å². The van der Waals surface area contributed by atoms with Crippen molar-refractivity contribution in [3.8, 4) is 0 Å². The molecule has 4 heterocycles. The highest BCUT2D eigenvalue weighted by Crippen LogP contribution is 2.36. The summed E-state index contributed by atoms with van der Waals surface area (Å²) in [6, 6.07) is 22.4. The summed E-state index contributed by atoms with van der Waals surface area (Å²) in [7, 11) is 0. The Morgan fingerprint density at radius 2 is 1.75 bits per heavy atom. The Bertz CT molecular complexity index is 1020. The molecule has 0 radical (unpaired) electrons. The maximum atomic E-state index is 12.8. The second-order valence-corrected chi connectivity index (χ2v) is 9.59. The van der Waals surface area contributed by atoms with Crippen molar-refractivity contribution in [2.75, 3.05) is 18.4 Å². The van der Waals surface area contributed by atoms with E-state index in [0.717, 1.165) is 42.9 Å². The minimum absolute atomic E-state index is 0.0920. The maximum absolute atomic E-state index is 12.8. The van der Waals surface area contributed by atoms with E-state index in [1.807, 2.05) is 54.7 Å². The lowest BCUT2D eigenvalue weighted by Gasteiger charge is -2.50. The number of amides is 1. The number of carbonyl (C=O) groups excluding carboxylic acids is 1. The Balaban J connectivity index is 1.21. The highest BCUT2D eigenvalue weighted by molar-refractivity contribution is 7.99. The second-order valence-electron chi connectivity index (χ2n) is 8.44. The largest absolute Gasteiger partial charge is 0.444 e. The molecular formula is C26H27N3O2S. The van der Waals surface area contributed by atoms with Crippen LogP contribution in [0.4, 0.5) is 10.5 Å². The molecule has 3 aliphatic rings. The molecule has 0 aliphatic carbocycles. The first-order valence-corrected chi connectivity index (χ1v) is 12.0. The van der Waals surface area contributed by atoms with Gasteiger partial charge in [-0.3, -0.25) is 15.2 Å². The van der Waals surface area contributed by atoms with Crippen molar-refractivity contribution < 1.29 is 9.53 Å². The van der Waals surface area contributed by atoms with Crippen molar-refractivity contribution in [1.29, 1.82) is 0 Å². The van der Waals surface area contributed by atoms with Crippen molar-refractivity contribution >= 4 is 23.5 Å². The van der Waals surface area contributed by atoms with Crippen LogP contribution in [0.5, 0.6) is 0 Å². The average molecular weight is 446 g/mol. The van der Waals surface area contributed by atoms with Crippen LogP contribution in [-0.2, 0) is 11.2 Å². The van der Waals surface area contributed by atoms with E-state index in [1.54, 1.807) is 18.0 Å². The first-order chi connectivity index (χ1) is 15.7. The molecule has 2 unspecified atom stereocenters. The highest BCUT2D eigenvalue weighted by atomic mass is 32.2. The minimum Gasteiger partial charge on any atom is -0.444 e. The van der Waals surface area contributed by atoms with Crippen LogP contribution in [0.25, 0.3) is 0 Å². The lowest BCUT2D eigenvalue weighted by atomic mass is 9.78. The zero-order valence-corrected chi connectivity index (χ0v) is 18.7. The van der Waals surface area contributed by atoms with Crippen molar-refractivity contribution in [1.82, 2.24) is 9.88 Å². The number of ether oxygens (including phenoxy) is 1. The fourth-order valence-electron chi connectivity index (χ4n) is 4.78. The molecule has 0 saturated carbocycles. The molecule has 0 spiro atoms. The number of hydrogen-bond acceptors (Lipinski definition) is 5. The number of benzene rings is 2.